The van der Waals surface area contributed by atoms with E-state index in [0.29, 0.717) is 33.3 Å². The highest BCUT2D eigenvalue weighted by molar-refractivity contribution is 6.03. The van der Waals surface area contributed by atoms with Gasteiger partial charge in [-0.2, -0.15) is 10.2 Å². The SMILES string of the molecule is C=C/C=N\c1c(C(=O)NC(C)c2cc3cccc(C#Cc4cnn(C)c4)c3c(=O)n2-c2ccc(F)cc2)c(N)nn1C. The molecule has 42 heavy (non-hydrogen) atoms. The third-order valence-corrected chi connectivity index (χ3v) is 6.57. The summed E-state index contributed by atoms with van der Waals surface area (Å²) in [5, 5.41) is 12.2. The van der Waals surface area contributed by atoms with Crippen LogP contribution in [0.2, 0.25) is 0 Å². The van der Waals surface area contributed by atoms with Crippen LogP contribution >= 0.6 is 0 Å². The van der Waals surface area contributed by atoms with Gasteiger partial charge in [0.15, 0.2) is 11.6 Å². The maximum Gasteiger partial charge on any atom is 0.264 e. The van der Waals surface area contributed by atoms with Crippen molar-refractivity contribution in [3.8, 4) is 17.5 Å². The van der Waals surface area contributed by atoms with Crippen molar-refractivity contribution in [1.29, 1.82) is 0 Å². The van der Waals surface area contributed by atoms with E-state index in [4.69, 9.17) is 5.73 Å². The molecule has 3 heterocycles. The molecular formula is C31H27FN8O2. The molecule has 1 amide bonds. The molecule has 1 unspecified atom stereocenters. The van der Waals surface area contributed by atoms with Gasteiger partial charge in [0.25, 0.3) is 11.5 Å². The predicted molar refractivity (Wildman–Crippen MR) is 161 cm³/mol. The van der Waals surface area contributed by atoms with Crippen LogP contribution in [0.4, 0.5) is 16.0 Å². The van der Waals surface area contributed by atoms with Crippen LogP contribution in [-0.4, -0.2) is 36.2 Å². The topological polar surface area (TPSA) is 125 Å². The highest BCUT2D eigenvalue weighted by Gasteiger charge is 2.25. The maximum atomic E-state index is 14.2. The van der Waals surface area contributed by atoms with Gasteiger partial charge in [0.2, 0.25) is 0 Å². The Morgan fingerprint density at radius 1 is 1.19 bits per heavy atom. The molecule has 0 aliphatic heterocycles. The number of nitrogens with one attached hydrogen (secondary N) is 1. The highest BCUT2D eigenvalue weighted by Crippen LogP contribution is 2.27. The number of benzene rings is 2. The van der Waals surface area contributed by atoms with Crippen molar-refractivity contribution in [2.45, 2.75) is 13.0 Å². The first kappa shape index (κ1) is 27.8. The van der Waals surface area contributed by atoms with Crippen LogP contribution in [0.25, 0.3) is 16.5 Å². The molecule has 0 saturated heterocycles. The number of aromatic nitrogens is 5. The second-order valence-corrected chi connectivity index (χ2v) is 9.53. The number of hydrogen-bond donors (Lipinski definition) is 2. The number of fused-ring (bicyclic) bond motifs is 1. The predicted octanol–water partition coefficient (Wildman–Crippen LogP) is 3.96. The van der Waals surface area contributed by atoms with Crippen molar-refractivity contribution >= 4 is 34.5 Å². The Balaban J connectivity index is 1.64. The highest BCUT2D eigenvalue weighted by atomic mass is 19.1. The molecule has 2 aromatic carbocycles. The van der Waals surface area contributed by atoms with Gasteiger partial charge in [0.05, 0.1) is 23.2 Å². The summed E-state index contributed by atoms with van der Waals surface area (Å²) in [6.45, 7) is 5.35. The molecule has 0 aliphatic carbocycles. The first-order valence-corrected chi connectivity index (χ1v) is 12.9. The van der Waals surface area contributed by atoms with Gasteiger partial charge < -0.3 is 11.1 Å². The van der Waals surface area contributed by atoms with E-state index >= 15 is 0 Å². The third kappa shape index (κ3) is 5.33. The van der Waals surface area contributed by atoms with Gasteiger partial charge >= 0.3 is 0 Å². The molecule has 11 heteroatoms. The van der Waals surface area contributed by atoms with Crippen LogP contribution in [0.5, 0.6) is 0 Å². The van der Waals surface area contributed by atoms with Gasteiger partial charge in [0, 0.05) is 43.5 Å². The molecule has 1 atom stereocenters. The van der Waals surface area contributed by atoms with Gasteiger partial charge in [0.1, 0.15) is 11.4 Å². The van der Waals surface area contributed by atoms with Gasteiger partial charge in [-0.3, -0.25) is 18.8 Å². The van der Waals surface area contributed by atoms with Crippen LogP contribution in [-0.2, 0) is 14.1 Å². The summed E-state index contributed by atoms with van der Waals surface area (Å²) in [5.74, 6) is 5.42. The number of nitrogen functional groups attached to an aromatic ring is 1. The molecule has 0 saturated carbocycles. The standard InChI is InChI=1S/C31H27FN8O2/c1-5-15-34-29-27(28(33)37-39(29)4)30(41)36-19(2)25-16-22-8-6-7-21(10-9-20-17-35-38(3)18-20)26(22)31(42)40(25)24-13-11-23(32)12-14-24/h5-8,11-19H,1H2,2-4H3,(H2,33,37)(H,36,41)/b34-15-. The van der Waals surface area contributed by atoms with Crippen LogP contribution in [0.3, 0.4) is 0 Å². The number of nitrogens with zero attached hydrogens (tertiary/aromatic N) is 6. The Bertz CT molecular complexity index is 1990. The van der Waals surface area contributed by atoms with E-state index in [1.165, 1.54) is 45.8 Å². The van der Waals surface area contributed by atoms with E-state index in [1.54, 1.807) is 50.2 Å². The summed E-state index contributed by atoms with van der Waals surface area (Å²) in [4.78, 5) is 31.9. The number of amides is 1. The molecule has 5 rings (SSSR count). The zero-order valence-electron chi connectivity index (χ0n) is 23.2. The number of rotatable bonds is 6. The molecule has 0 radical (unpaired) electrons. The number of aliphatic imine (C=N–C) groups is 1. The fourth-order valence-electron chi connectivity index (χ4n) is 4.65. The second-order valence-electron chi connectivity index (χ2n) is 9.53. The monoisotopic (exact) mass is 562 g/mol. The Morgan fingerprint density at radius 2 is 1.95 bits per heavy atom. The van der Waals surface area contributed by atoms with Crippen LogP contribution < -0.4 is 16.6 Å². The summed E-state index contributed by atoms with van der Waals surface area (Å²) in [5.41, 5.74) is 7.88. The number of carbonyl (C=O) groups is 1. The lowest BCUT2D eigenvalue weighted by Crippen LogP contribution is -2.32. The first-order valence-electron chi connectivity index (χ1n) is 12.9. The molecule has 3 N–H and O–H groups in total. The Labute approximate surface area is 240 Å². The molecule has 10 nitrogen and oxygen atoms in total. The van der Waals surface area contributed by atoms with E-state index in [-0.39, 0.29) is 22.8 Å². The normalized spacial score (nSPS) is 11.8. The van der Waals surface area contributed by atoms with E-state index < -0.39 is 17.8 Å². The zero-order valence-corrected chi connectivity index (χ0v) is 23.2. The second kappa shape index (κ2) is 11.4. The molecule has 5 aromatic rings. The summed E-state index contributed by atoms with van der Waals surface area (Å²) >= 11 is 0. The van der Waals surface area contributed by atoms with Gasteiger partial charge in [-0.25, -0.2) is 14.1 Å². The Morgan fingerprint density at radius 3 is 2.64 bits per heavy atom. The van der Waals surface area contributed by atoms with Gasteiger partial charge in [-0.15, -0.1) is 0 Å². The Hall–Kier alpha value is -5.76. The van der Waals surface area contributed by atoms with Crippen molar-refractivity contribution < 1.29 is 9.18 Å². The average Bonchev–Trinajstić information content (AvgIpc) is 3.51. The lowest BCUT2D eigenvalue weighted by atomic mass is 10.0. The fraction of sp³-hybridized carbons (Fsp3) is 0.129. The number of anilines is 1. The van der Waals surface area contributed by atoms with Crippen molar-refractivity contribution in [1.82, 2.24) is 29.4 Å². The summed E-state index contributed by atoms with van der Waals surface area (Å²) in [6, 6.07) is 12.1. The number of aryl methyl sites for hydroxylation is 2. The molecule has 3 aromatic heterocycles. The average molecular weight is 563 g/mol. The maximum absolute atomic E-state index is 14.2. The summed E-state index contributed by atoms with van der Waals surface area (Å²) < 4.78 is 18.4. The van der Waals surface area contributed by atoms with Crippen molar-refractivity contribution in [2.24, 2.45) is 19.1 Å². The molecule has 210 valence electrons. The third-order valence-electron chi connectivity index (χ3n) is 6.57. The smallest absolute Gasteiger partial charge is 0.264 e. The number of carbonyl (C=O) groups excluding carboxylic acids is 1. The number of halogens is 1. The molecule has 0 bridgehead atoms. The molecule has 0 aliphatic rings. The molecule has 0 spiro atoms. The largest absolute Gasteiger partial charge is 0.381 e. The number of hydrogen-bond acceptors (Lipinski definition) is 6. The van der Waals surface area contributed by atoms with Crippen LogP contribution in [0, 0.1) is 17.7 Å². The van der Waals surface area contributed by atoms with E-state index in [0.717, 1.165) is 0 Å². The van der Waals surface area contributed by atoms with E-state index in [1.807, 2.05) is 12.1 Å². The minimum absolute atomic E-state index is 0.00433. The molecule has 0 fully saturated rings. The van der Waals surface area contributed by atoms with Crippen LogP contribution in [0.15, 0.2) is 83.4 Å². The summed E-state index contributed by atoms with van der Waals surface area (Å²) in [7, 11) is 3.42. The van der Waals surface area contributed by atoms with E-state index in [9.17, 15) is 14.0 Å². The lowest BCUT2D eigenvalue weighted by molar-refractivity contribution is 0.0940. The van der Waals surface area contributed by atoms with Crippen molar-refractivity contribution in [3.05, 3.63) is 112 Å². The quantitative estimate of drug-likeness (QED) is 0.239. The zero-order chi connectivity index (χ0) is 30.0. The van der Waals surface area contributed by atoms with Gasteiger partial charge in [-0.05, 0) is 48.7 Å². The fourth-order valence-corrected chi connectivity index (χ4v) is 4.65. The summed E-state index contributed by atoms with van der Waals surface area (Å²) in [6.07, 6.45) is 6.32. The minimum atomic E-state index is -0.694. The number of allylic oxidation sites excluding steroid dienone is 1. The first-order chi connectivity index (χ1) is 20.2. The van der Waals surface area contributed by atoms with Crippen molar-refractivity contribution in [3.63, 3.8) is 0 Å². The lowest BCUT2D eigenvalue weighted by Gasteiger charge is -2.21. The van der Waals surface area contributed by atoms with Gasteiger partial charge in [-0.1, -0.05) is 36.6 Å². The molecular weight excluding hydrogens is 535 g/mol. The minimum Gasteiger partial charge on any atom is -0.381 e. The number of pyridine rings is 1. The Kier molecular flexibility index (Phi) is 7.53. The van der Waals surface area contributed by atoms with Crippen molar-refractivity contribution in [2.75, 3.05) is 5.73 Å². The number of nitrogens with two attached hydrogens (primary N) is 1. The van der Waals surface area contributed by atoms with Crippen LogP contribution in [0.1, 0.15) is 40.1 Å². The van der Waals surface area contributed by atoms with E-state index in [2.05, 4.69) is 38.9 Å².